The quantitative estimate of drug-likeness (QED) is 0.558. The zero-order chi connectivity index (χ0) is 23.1. The van der Waals surface area contributed by atoms with Gasteiger partial charge < -0.3 is 4.90 Å². The molecule has 0 N–H and O–H groups in total. The SMILES string of the molecule is Cc1nccnc1N1CC2(CC(c3nnc4n3-c3ccc(Cl)cc3CN(CC3(F)CC3)C4)C2)C1. The van der Waals surface area contributed by atoms with Gasteiger partial charge in [-0.25, -0.2) is 9.37 Å². The molecule has 7 rings (SSSR count). The van der Waals surface area contributed by atoms with Gasteiger partial charge in [-0.15, -0.1) is 10.2 Å². The number of aryl methyl sites for hydroxylation is 1. The molecule has 176 valence electrons. The molecule has 1 spiro atoms. The monoisotopic (exact) mass is 479 g/mol. The molecule has 4 heterocycles. The molecule has 0 atom stereocenters. The summed E-state index contributed by atoms with van der Waals surface area (Å²) in [6.45, 7) is 5.76. The molecule has 7 nitrogen and oxygen atoms in total. The van der Waals surface area contributed by atoms with Crippen molar-refractivity contribution in [1.82, 2.24) is 29.6 Å². The molecule has 2 aromatic heterocycles. The first-order valence-corrected chi connectivity index (χ1v) is 12.5. The van der Waals surface area contributed by atoms with Crippen LogP contribution < -0.4 is 4.90 Å². The van der Waals surface area contributed by atoms with Crippen molar-refractivity contribution in [3.63, 3.8) is 0 Å². The lowest BCUT2D eigenvalue weighted by Gasteiger charge is -2.59. The van der Waals surface area contributed by atoms with Crippen LogP contribution in [-0.4, -0.2) is 54.9 Å². The minimum Gasteiger partial charge on any atom is -0.354 e. The predicted molar refractivity (Wildman–Crippen MR) is 127 cm³/mol. The van der Waals surface area contributed by atoms with Crippen LogP contribution in [0.4, 0.5) is 10.2 Å². The fourth-order valence-electron chi connectivity index (χ4n) is 6.21. The number of hydrogen-bond acceptors (Lipinski definition) is 6. The first-order chi connectivity index (χ1) is 16.4. The third kappa shape index (κ3) is 3.33. The number of alkyl halides is 1. The summed E-state index contributed by atoms with van der Waals surface area (Å²) < 4.78 is 16.9. The highest BCUT2D eigenvalue weighted by Gasteiger charge is 2.55. The summed E-state index contributed by atoms with van der Waals surface area (Å²) in [5, 5.41) is 9.97. The average molecular weight is 480 g/mol. The number of anilines is 1. The van der Waals surface area contributed by atoms with Gasteiger partial charge in [-0.2, -0.15) is 0 Å². The Bertz CT molecular complexity index is 1270. The lowest BCUT2D eigenvalue weighted by Crippen LogP contribution is -2.62. The fourth-order valence-corrected chi connectivity index (χ4v) is 6.41. The fraction of sp³-hybridized carbons (Fsp3) is 0.520. The lowest BCUT2D eigenvalue weighted by atomic mass is 9.57. The number of aromatic nitrogens is 5. The summed E-state index contributed by atoms with van der Waals surface area (Å²) in [4.78, 5) is 13.4. The van der Waals surface area contributed by atoms with Crippen molar-refractivity contribution in [3.05, 3.63) is 58.5 Å². The largest absolute Gasteiger partial charge is 0.354 e. The van der Waals surface area contributed by atoms with Gasteiger partial charge >= 0.3 is 0 Å². The second-order valence-electron chi connectivity index (χ2n) is 10.8. The maximum absolute atomic E-state index is 14.6. The normalized spacial score (nSPS) is 22.5. The Hall–Kier alpha value is -2.58. The molecule has 3 aromatic rings. The van der Waals surface area contributed by atoms with Gasteiger partial charge in [-0.1, -0.05) is 11.6 Å². The topological polar surface area (TPSA) is 63.0 Å². The molecule has 9 heteroatoms. The number of nitrogens with zero attached hydrogens (tertiary/aromatic N) is 7. The van der Waals surface area contributed by atoms with Crippen LogP contribution >= 0.6 is 11.6 Å². The average Bonchev–Trinajstić information content (AvgIpc) is 3.37. The molecule has 1 aromatic carbocycles. The van der Waals surface area contributed by atoms with E-state index in [0.717, 1.165) is 60.3 Å². The van der Waals surface area contributed by atoms with E-state index in [0.29, 0.717) is 48.8 Å². The Balaban J connectivity index is 1.14. The molecular weight excluding hydrogens is 453 g/mol. The minimum atomic E-state index is -1.05. The summed E-state index contributed by atoms with van der Waals surface area (Å²) in [7, 11) is 0. The summed E-state index contributed by atoms with van der Waals surface area (Å²) in [5.41, 5.74) is 2.45. The lowest BCUT2D eigenvalue weighted by molar-refractivity contribution is 0.0580. The van der Waals surface area contributed by atoms with Crippen molar-refractivity contribution >= 4 is 17.4 Å². The van der Waals surface area contributed by atoms with Crippen molar-refractivity contribution in [2.24, 2.45) is 5.41 Å². The van der Waals surface area contributed by atoms with Crippen molar-refractivity contribution < 1.29 is 4.39 Å². The van der Waals surface area contributed by atoms with Crippen LogP contribution in [0, 0.1) is 12.3 Å². The third-order valence-electron chi connectivity index (χ3n) is 8.03. The Labute approximate surface area is 203 Å². The van der Waals surface area contributed by atoms with Gasteiger partial charge in [-0.05, 0) is 56.4 Å². The van der Waals surface area contributed by atoms with E-state index in [-0.39, 0.29) is 0 Å². The number of fused-ring (bicyclic) bond motifs is 3. The van der Waals surface area contributed by atoms with E-state index in [1.165, 1.54) is 0 Å². The summed E-state index contributed by atoms with van der Waals surface area (Å²) in [5.74, 6) is 3.30. The number of benzene rings is 1. The standard InChI is InChI=1S/C25H27ClFN7/c1-16-22(29-7-6-28-16)33-13-24(14-33)9-18(10-24)23-31-30-21-12-32(15-25(27)4-5-25)11-17-8-19(26)2-3-20(17)34(21)23/h2-3,6-8,18H,4-5,9-15H2,1H3. The molecule has 0 unspecified atom stereocenters. The van der Waals surface area contributed by atoms with Gasteiger partial charge in [0, 0.05) is 54.9 Å². The highest BCUT2D eigenvalue weighted by molar-refractivity contribution is 6.30. The van der Waals surface area contributed by atoms with E-state index >= 15 is 0 Å². The Morgan fingerprint density at radius 1 is 1.09 bits per heavy atom. The van der Waals surface area contributed by atoms with Crippen LogP contribution in [0.1, 0.15) is 54.5 Å². The second kappa shape index (κ2) is 7.21. The molecule has 1 saturated heterocycles. The highest BCUT2D eigenvalue weighted by Crippen LogP contribution is 2.56. The van der Waals surface area contributed by atoms with E-state index in [1.54, 1.807) is 12.4 Å². The van der Waals surface area contributed by atoms with E-state index in [4.69, 9.17) is 11.6 Å². The van der Waals surface area contributed by atoms with Crippen LogP contribution in [0.3, 0.4) is 0 Å². The molecule has 0 bridgehead atoms. The van der Waals surface area contributed by atoms with Crippen LogP contribution in [0.25, 0.3) is 5.69 Å². The predicted octanol–water partition coefficient (Wildman–Crippen LogP) is 4.22. The van der Waals surface area contributed by atoms with Crippen molar-refractivity contribution in [2.75, 3.05) is 24.5 Å². The third-order valence-corrected chi connectivity index (χ3v) is 8.26. The second-order valence-corrected chi connectivity index (χ2v) is 11.2. The number of hydrogen-bond donors (Lipinski definition) is 0. The highest BCUT2D eigenvalue weighted by atomic mass is 35.5. The van der Waals surface area contributed by atoms with Crippen molar-refractivity contribution in [2.45, 2.75) is 57.3 Å². The van der Waals surface area contributed by atoms with Gasteiger partial charge in [-0.3, -0.25) is 14.5 Å². The van der Waals surface area contributed by atoms with Crippen molar-refractivity contribution in [3.8, 4) is 5.69 Å². The zero-order valence-electron chi connectivity index (χ0n) is 19.2. The minimum absolute atomic E-state index is 0.327. The maximum atomic E-state index is 14.6. The Kier molecular flexibility index (Phi) is 4.40. The Morgan fingerprint density at radius 3 is 2.65 bits per heavy atom. The molecule has 0 radical (unpaired) electrons. The van der Waals surface area contributed by atoms with Crippen LogP contribution in [-0.2, 0) is 13.1 Å². The van der Waals surface area contributed by atoms with Gasteiger partial charge in [0.05, 0.1) is 17.9 Å². The smallest absolute Gasteiger partial charge is 0.151 e. The van der Waals surface area contributed by atoms with Gasteiger partial charge in [0.1, 0.15) is 17.3 Å². The molecular formula is C25H27ClFN7. The Morgan fingerprint density at radius 2 is 1.88 bits per heavy atom. The molecule has 34 heavy (non-hydrogen) atoms. The van der Waals surface area contributed by atoms with E-state index in [2.05, 4.69) is 40.6 Å². The number of rotatable bonds is 4. The first-order valence-electron chi connectivity index (χ1n) is 12.1. The molecule has 0 amide bonds. The van der Waals surface area contributed by atoms with E-state index in [9.17, 15) is 4.39 Å². The van der Waals surface area contributed by atoms with E-state index < -0.39 is 5.67 Å². The molecule has 2 aliphatic heterocycles. The van der Waals surface area contributed by atoms with Crippen LogP contribution in [0.2, 0.25) is 5.02 Å². The van der Waals surface area contributed by atoms with E-state index in [1.807, 2.05) is 19.1 Å². The van der Waals surface area contributed by atoms with Crippen LogP contribution in [0.5, 0.6) is 0 Å². The number of halogens is 2. The first kappa shape index (κ1) is 20.8. The molecule has 4 aliphatic rings. The zero-order valence-corrected chi connectivity index (χ0v) is 20.0. The van der Waals surface area contributed by atoms with Gasteiger partial charge in [0.25, 0.3) is 0 Å². The maximum Gasteiger partial charge on any atom is 0.151 e. The van der Waals surface area contributed by atoms with Gasteiger partial charge in [0.2, 0.25) is 0 Å². The van der Waals surface area contributed by atoms with Crippen LogP contribution in [0.15, 0.2) is 30.6 Å². The molecule has 3 fully saturated rings. The summed E-state index contributed by atoms with van der Waals surface area (Å²) in [6, 6.07) is 6.00. The molecule has 2 saturated carbocycles. The van der Waals surface area contributed by atoms with Gasteiger partial charge in [0.15, 0.2) is 5.82 Å². The van der Waals surface area contributed by atoms with Crippen molar-refractivity contribution in [1.29, 1.82) is 0 Å². The molecule has 2 aliphatic carbocycles. The summed E-state index contributed by atoms with van der Waals surface area (Å²) in [6.07, 6.45) is 7.01. The summed E-state index contributed by atoms with van der Waals surface area (Å²) >= 11 is 6.36.